The molecule has 0 saturated carbocycles. The zero-order valence-corrected chi connectivity index (χ0v) is 24.3. The molecule has 14 heteroatoms. The number of hydrogen-bond donors (Lipinski definition) is 0. The summed E-state index contributed by atoms with van der Waals surface area (Å²) < 4.78 is 39.0. The molecule has 0 spiro atoms. The molecule has 0 unspecified atom stereocenters. The third-order valence-electron chi connectivity index (χ3n) is 6.14. The average molecular weight is 604 g/mol. The lowest BCUT2D eigenvalue weighted by atomic mass is 9.94. The average Bonchev–Trinajstić information content (AvgIpc) is 3.34. The number of fused-ring (bicyclic) bond motifs is 1. The van der Waals surface area contributed by atoms with Crippen LogP contribution in [0.3, 0.4) is 0 Å². The van der Waals surface area contributed by atoms with Gasteiger partial charge in [-0.15, -0.1) is 11.3 Å². The number of benzene rings is 1. The van der Waals surface area contributed by atoms with Crippen molar-refractivity contribution < 1.29 is 52.0 Å². The van der Waals surface area contributed by atoms with Crippen molar-refractivity contribution in [3.05, 3.63) is 45.1 Å². The van der Waals surface area contributed by atoms with Crippen LogP contribution in [0.5, 0.6) is 5.75 Å². The van der Waals surface area contributed by atoms with Gasteiger partial charge in [0.15, 0.2) is 18.3 Å². The van der Waals surface area contributed by atoms with E-state index >= 15 is 0 Å². The van der Waals surface area contributed by atoms with E-state index in [1.807, 2.05) is 6.92 Å². The molecule has 0 amide bonds. The second-order valence-electron chi connectivity index (χ2n) is 9.44. The van der Waals surface area contributed by atoms with Gasteiger partial charge in [-0.2, -0.15) is 0 Å². The second-order valence-corrected chi connectivity index (χ2v) is 10.5. The van der Waals surface area contributed by atoms with Crippen LogP contribution >= 0.6 is 11.3 Å². The van der Waals surface area contributed by atoms with Gasteiger partial charge in [0.1, 0.15) is 43.0 Å². The Bertz CT molecular complexity index is 1550. The van der Waals surface area contributed by atoms with Gasteiger partial charge < -0.3 is 32.8 Å². The van der Waals surface area contributed by atoms with E-state index in [2.05, 4.69) is 4.98 Å². The topological polar surface area (TPSA) is 167 Å². The van der Waals surface area contributed by atoms with E-state index in [0.29, 0.717) is 16.6 Å². The molecule has 2 aromatic heterocycles. The molecule has 0 radical (unpaired) electrons. The molecule has 0 aliphatic carbocycles. The number of thiazole rings is 1. The highest BCUT2D eigenvalue weighted by atomic mass is 32.1. The van der Waals surface area contributed by atoms with Gasteiger partial charge >= 0.3 is 23.9 Å². The first kappa shape index (κ1) is 30.7. The normalized spacial score (nSPS) is 21.8. The highest BCUT2D eigenvalue weighted by molar-refractivity contribution is 7.09. The Kier molecular flexibility index (Phi) is 9.58. The largest absolute Gasteiger partial charge is 0.491 e. The summed E-state index contributed by atoms with van der Waals surface area (Å²) in [6.07, 6.45) is -4.65. The lowest BCUT2D eigenvalue weighted by molar-refractivity contribution is -0.255. The first-order chi connectivity index (χ1) is 19.9. The minimum Gasteiger partial charge on any atom is -0.491 e. The minimum absolute atomic E-state index is 0.245. The smallest absolute Gasteiger partial charge is 0.303 e. The fourth-order valence-electron chi connectivity index (χ4n) is 4.49. The van der Waals surface area contributed by atoms with Crippen molar-refractivity contribution in [2.75, 3.05) is 13.2 Å². The highest BCUT2D eigenvalue weighted by Crippen LogP contribution is 2.31. The van der Waals surface area contributed by atoms with Gasteiger partial charge in [-0.05, 0) is 19.1 Å². The summed E-state index contributed by atoms with van der Waals surface area (Å²) in [5, 5.41) is 2.91. The summed E-state index contributed by atoms with van der Waals surface area (Å²) in [6, 6.07) is 4.62. The van der Waals surface area contributed by atoms with Gasteiger partial charge in [0.2, 0.25) is 5.43 Å². The van der Waals surface area contributed by atoms with Crippen molar-refractivity contribution >= 4 is 46.2 Å². The Morgan fingerprint density at radius 1 is 0.881 bits per heavy atom. The van der Waals surface area contributed by atoms with Gasteiger partial charge in [-0.3, -0.25) is 24.0 Å². The van der Waals surface area contributed by atoms with Gasteiger partial charge in [0.25, 0.3) is 0 Å². The predicted octanol–water partition coefficient (Wildman–Crippen LogP) is 2.73. The summed E-state index contributed by atoms with van der Waals surface area (Å²) in [7, 11) is 0. The van der Waals surface area contributed by atoms with Crippen LogP contribution in [0, 0.1) is 6.92 Å². The van der Waals surface area contributed by atoms with Crippen LogP contribution in [-0.4, -0.2) is 72.6 Å². The lowest BCUT2D eigenvalue weighted by Crippen LogP contribution is -2.63. The Morgan fingerprint density at radius 3 is 2.07 bits per heavy atom. The summed E-state index contributed by atoms with van der Waals surface area (Å²) in [5.41, 5.74) is 0.859. The zero-order chi connectivity index (χ0) is 30.6. The molecule has 1 saturated heterocycles. The fraction of sp³-hybridized carbons (Fsp3) is 0.429. The van der Waals surface area contributed by atoms with Gasteiger partial charge in [-0.25, -0.2) is 4.98 Å². The van der Waals surface area contributed by atoms with Crippen molar-refractivity contribution in [1.82, 2.24) is 4.98 Å². The van der Waals surface area contributed by atoms with Gasteiger partial charge in [0, 0.05) is 39.1 Å². The van der Waals surface area contributed by atoms with Crippen molar-refractivity contribution in [2.24, 2.45) is 0 Å². The predicted molar refractivity (Wildman–Crippen MR) is 146 cm³/mol. The molecule has 1 aliphatic rings. The fourth-order valence-corrected chi connectivity index (χ4v) is 5.11. The van der Waals surface area contributed by atoms with Gasteiger partial charge in [0.05, 0.1) is 21.7 Å². The Balaban J connectivity index is 1.61. The minimum atomic E-state index is -1.30. The molecule has 0 bridgehead atoms. The van der Waals surface area contributed by atoms with Crippen molar-refractivity contribution in [3.8, 4) is 17.0 Å². The maximum absolute atomic E-state index is 13.1. The Morgan fingerprint density at radius 2 is 1.50 bits per heavy atom. The van der Waals surface area contributed by atoms with E-state index in [1.165, 1.54) is 30.6 Å². The first-order valence-corrected chi connectivity index (χ1v) is 13.7. The quantitative estimate of drug-likeness (QED) is 0.259. The summed E-state index contributed by atoms with van der Waals surface area (Å²) in [4.78, 5) is 64.8. The zero-order valence-electron chi connectivity index (χ0n) is 23.4. The van der Waals surface area contributed by atoms with E-state index in [1.54, 1.807) is 17.5 Å². The lowest BCUT2D eigenvalue weighted by Gasteiger charge is -2.44. The summed E-state index contributed by atoms with van der Waals surface area (Å²) in [6.45, 7) is 5.87. The van der Waals surface area contributed by atoms with Crippen LogP contribution < -0.4 is 10.2 Å². The molecular formula is C28H29NO12S. The maximum atomic E-state index is 13.1. The third-order valence-corrected chi connectivity index (χ3v) is 6.92. The monoisotopic (exact) mass is 603 g/mol. The highest BCUT2D eigenvalue weighted by Gasteiger charge is 2.52. The molecule has 0 N–H and O–H groups in total. The van der Waals surface area contributed by atoms with Crippen LogP contribution in [0.1, 0.15) is 32.7 Å². The van der Waals surface area contributed by atoms with E-state index < -0.39 is 54.4 Å². The molecule has 1 aliphatic heterocycles. The summed E-state index contributed by atoms with van der Waals surface area (Å²) >= 11 is 1.42. The van der Waals surface area contributed by atoms with Crippen molar-refractivity contribution in [2.45, 2.75) is 65.1 Å². The number of nitrogens with zero attached hydrogens (tertiary/aromatic N) is 1. The number of carbonyl (C=O) groups excluding carboxylic acids is 4. The maximum Gasteiger partial charge on any atom is 0.303 e. The second kappa shape index (κ2) is 13.1. The number of ether oxygens (including phenoxy) is 6. The number of carbonyl (C=O) groups is 4. The van der Waals surface area contributed by atoms with E-state index in [-0.39, 0.29) is 30.0 Å². The molecule has 4 rings (SSSR count). The number of rotatable bonds is 9. The van der Waals surface area contributed by atoms with Crippen molar-refractivity contribution in [3.63, 3.8) is 0 Å². The van der Waals surface area contributed by atoms with Crippen molar-refractivity contribution in [1.29, 1.82) is 0 Å². The molecule has 1 aromatic carbocycles. The van der Waals surface area contributed by atoms with Gasteiger partial charge in [-0.1, -0.05) is 0 Å². The van der Waals surface area contributed by atoms with E-state index in [4.69, 9.17) is 32.8 Å². The molecule has 1 fully saturated rings. The number of esters is 4. The Hall–Kier alpha value is -4.30. The molecule has 42 heavy (non-hydrogen) atoms. The van der Waals surface area contributed by atoms with E-state index in [9.17, 15) is 24.0 Å². The summed E-state index contributed by atoms with van der Waals surface area (Å²) in [5.74, 6) is -2.51. The first-order valence-electron chi connectivity index (χ1n) is 12.8. The molecule has 3 heterocycles. The molecular weight excluding hydrogens is 574 g/mol. The molecule has 13 nitrogen and oxygen atoms in total. The van der Waals surface area contributed by atoms with Crippen LogP contribution in [-0.2, 0) is 42.9 Å². The van der Waals surface area contributed by atoms with Crippen LogP contribution in [0.4, 0.5) is 0 Å². The standard InChI is InChI=1S/C28H29NO12S/c1-13-29-21(12-42-13)20-9-37-22-8-18(6-7-19(22)25(20)34)36-11-24-27(39-16(4)32)28(40-17(5)33)26(38-15(3)31)23(41-24)10-35-14(2)30/h6-9,12,23-24,26-28H,10-11H2,1-5H3/t23-,24-,26+,27+,28+/m0/s1. The molecule has 224 valence electrons. The van der Waals surface area contributed by atoms with Crippen LogP contribution in [0.25, 0.3) is 22.2 Å². The number of aryl methyl sites for hydroxylation is 1. The third kappa shape index (κ3) is 7.31. The van der Waals surface area contributed by atoms with E-state index in [0.717, 1.165) is 25.8 Å². The van der Waals surface area contributed by atoms with Crippen LogP contribution in [0.15, 0.2) is 39.1 Å². The number of hydrogen-bond acceptors (Lipinski definition) is 14. The molecule has 5 atom stereocenters. The number of aromatic nitrogens is 1. The molecule has 3 aromatic rings. The SMILES string of the molecule is CC(=O)OC[C@@H]1O[C@@H](COc2ccc3c(=O)c(-c4csc(C)n4)coc3c2)[C@@H](OC(C)=O)[C@H](OC(C)=O)[C@@H]1OC(C)=O. The van der Waals surface area contributed by atoms with Crippen LogP contribution in [0.2, 0.25) is 0 Å². The Labute approximate surface area is 243 Å².